The molecule has 0 saturated carbocycles. The Morgan fingerprint density at radius 2 is 2.16 bits per heavy atom. The van der Waals surface area contributed by atoms with E-state index in [4.69, 9.17) is 14.6 Å². The lowest BCUT2D eigenvalue weighted by Gasteiger charge is -2.19. The molecule has 1 heterocycles. The summed E-state index contributed by atoms with van der Waals surface area (Å²) in [4.78, 5) is 22.3. The lowest BCUT2D eigenvalue weighted by Crippen LogP contribution is -2.26. The molecule has 106 valence electrons. The molecule has 0 bridgehead atoms. The van der Waals surface area contributed by atoms with Gasteiger partial charge in [0.2, 0.25) is 0 Å². The first-order valence-electron chi connectivity index (χ1n) is 5.61. The Morgan fingerprint density at radius 1 is 1.47 bits per heavy atom. The van der Waals surface area contributed by atoms with Crippen LogP contribution in [0, 0.1) is 6.92 Å². The molecule has 0 aliphatic rings. The number of hydrogen-bond donors (Lipinski definition) is 1. The van der Waals surface area contributed by atoms with Gasteiger partial charge in [-0.3, -0.25) is 9.59 Å². The smallest absolute Gasteiger partial charge is 0.298 e. The summed E-state index contributed by atoms with van der Waals surface area (Å²) in [5, 5.41) is 9.11. The van der Waals surface area contributed by atoms with E-state index in [2.05, 4.69) is 4.74 Å². The first-order valence-corrected chi connectivity index (χ1v) is 5.61. The first kappa shape index (κ1) is 15.2. The van der Waals surface area contributed by atoms with Gasteiger partial charge in [-0.2, -0.15) is 0 Å². The number of pyridine rings is 1. The van der Waals surface area contributed by atoms with Gasteiger partial charge in [0.25, 0.3) is 11.9 Å². The van der Waals surface area contributed by atoms with Gasteiger partial charge in [-0.15, -0.1) is 0 Å². The average molecular weight is 271 g/mol. The van der Waals surface area contributed by atoms with Crippen molar-refractivity contribution >= 4 is 6.47 Å². The molecule has 1 rings (SSSR count). The largest absolute Gasteiger partial charge is 0.491 e. The fourth-order valence-corrected chi connectivity index (χ4v) is 1.70. The second kappa shape index (κ2) is 6.91. The summed E-state index contributed by atoms with van der Waals surface area (Å²) in [6.07, 6.45) is 0.950. The molecule has 1 aromatic rings. The monoisotopic (exact) mass is 271 g/mol. The molecular formula is C12H17NO6. The van der Waals surface area contributed by atoms with Crippen LogP contribution in [0.2, 0.25) is 0 Å². The molecule has 1 unspecified atom stereocenters. The second-order valence-corrected chi connectivity index (χ2v) is 3.85. The van der Waals surface area contributed by atoms with Crippen LogP contribution in [0.25, 0.3) is 0 Å². The number of nitrogens with zero attached hydrogens (tertiary/aromatic N) is 1. The lowest BCUT2D eigenvalue weighted by atomic mass is 10.2. The minimum Gasteiger partial charge on any atom is -0.491 e. The summed E-state index contributed by atoms with van der Waals surface area (Å²) in [6.45, 7) is 1.99. The highest BCUT2D eigenvalue weighted by Crippen LogP contribution is 2.18. The molecule has 0 aliphatic carbocycles. The van der Waals surface area contributed by atoms with E-state index >= 15 is 0 Å². The summed E-state index contributed by atoms with van der Waals surface area (Å²) in [6, 6.07) is 0. The number of aliphatic hydroxyl groups is 1. The summed E-state index contributed by atoms with van der Waals surface area (Å²) in [5.41, 5.74) is 0.0579. The fourth-order valence-electron chi connectivity index (χ4n) is 1.70. The van der Waals surface area contributed by atoms with Crippen molar-refractivity contribution in [3.8, 4) is 11.5 Å². The Bertz CT molecular complexity index is 492. The minimum atomic E-state index is -0.499. The molecule has 0 fully saturated rings. The van der Waals surface area contributed by atoms with Gasteiger partial charge in [-0.05, 0) is 6.92 Å². The molecule has 1 aromatic heterocycles. The number of ether oxygens (including phenoxy) is 3. The maximum Gasteiger partial charge on any atom is 0.298 e. The molecule has 0 amide bonds. The number of hydrogen-bond acceptors (Lipinski definition) is 6. The maximum absolute atomic E-state index is 11.9. The van der Waals surface area contributed by atoms with Crippen LogP contribution in [-0.2, 0) is 16.1 Å². The third-order valence-electron chi connectivity index (χ3n) is 2.78. The summed E-state index contributed by atoms with van der Waals surface area (Å²) >= 11 is 0. The van der Waals surface area contributed by atoms with Crippen LogP contribution in [0.3, 0.4) is 0 Å². The predicted molar refractivity (Wildman–Crippen MR) is 66.6 cm³/mol. The van der Waals surface area contributed by atoms with E-state index in [0.717, 1.165) is 0 Å². The zero-order chi connectivity index (χ0) is 14.4. The van der Waals surface area contributed by atoms with Crippen LogP contribution in [0.5, 0.6) is 11.5 Å². The Morgan fingerprint density at radius 3 is 2.63 bits per heavy atom. The Balaban J connectivity index is 3.27. The highest BCUT2D eigenvalue weighted by Gasteiger charge is 2.16. The van der Waals surface area contributed by atoms with Crippen molar-refractivity contribution < 1.29 is 24.1 Å². The highest BCUT2D eigenvalue weighted by molar-refractivity contribution is 5.46. The van der Waals surface area contributed by atoms with Crippen molar-refractivity contribution in [1.29, 1.82) is 0 Å². The van der Waals surface area contributed by atoms with Crippen LogP contribution in [-0.4, -0.2) is 43.1 Å². The van der Waals surface area contributed by atoms with Gasteiger partial charge >= 0.3 is 0 Å². The SMILES string of the molecule is COc1c(C)n(CC(CO)OC)cc(OC=O)c1=O. The summed E-state index contributed by atoms with van der Waals surface area (Å²) in [5.74, 6) is -0.0441. The average Bonchev–Trinajstić information content (AvgIpc) is 2.41. The summed E-state index contributed by atoms with van der Waals surface area (Å²) < 4.78 is 16.3. The first-order chi connectivity index (χ1) is 9.08. The van der Waals surface area contributed by atoms with Gasteiger partial charge in [0.15, 0.2) is 11.5 Å². The van der Waals surface area contributed by atoms with Crippen LogP contribution >= 0.6 is 0 Å². The Labute approximate surface area is 110 Å². The van der Waals surface area contributed by atoms with E-state index < -0.39 is 11.5 Å². The van der Waals surface area contributed by atoms with Crippen molar-refractivity contribution in [3.05, 3.63) is 22.1 Å². The molecular weight excluding hydrogens is 254 g/mol. The van der Waals surface area contributed by atoms with Crippen molar-refractivity contribution in [2.24, 2.45) is 0 Å². The summed E-state index contributed by atoms with van der Waals surface area (Å²) in [7, 11) is 2.83. The van der Waals surface area contributed by atoms with E-state index in [1.807, 2.05) is 0 Å². The fraction of sp³-hybridized carbons (Fsp3) is 0.500. The zero-order valence-corrected chi connectivity index (χ0v) is 11.1. The van der Waals surface area contributed by atoms with Gasteiger partial charge in [0.1, 0.15) is 0 Å². The third-order valence-corrected chi connectivity index (χ3v) is 2.78. The molecule has 0 aliphatic heterocycles. The minimum absolute atomic E-state index is 0.0899. The highest BCUT2D eigenvalue weighted by atomic mass is 16.5. The zero-order valence-electron chi connectivity index (χ0n) is 11.1. The van der Waals surface area contributed by atoms with Gasteiger partial charge in [-0.1, -0.05) is 0 Å². The van der Waals surface area contributed by atoms with Crippen LogP contribution in [0.1, 0.15) is 5.69 Å². The van der Waals surface area contributed by atoms with Gasteiger partial charge in [-0.25, -0.2) is 0 Å². The van der Waals surface area contributed by atoms with Crippen LogP contribution in [0.4, 0.5) is 0 Å². The van der Waals surface area contributed by atoms with Gasteiger partial charge in [0, 0.05) is 7.11 Å². The van der Waals surface area contributed by atoms with Gasteiger partial charge < -0.3 is 23.9 Å². The lowest BCUT2D eigenvalue weighted by molar-refractivity contribution is -0.120. The molecule has 0 saturated heterocycles. The third kappa shape index (κ3) is 3.33. The maximum atomic E-state index is 11.9. The van der Waals surface area contributed by atoms with Crippen LogP contribution < -0.4 is 14.9 Å². The van der Waals surface area contributed by atoms with Crippen molar-refractivity contribution in [1.82, 2.24) is 4.57 Å². The van der Waals surface area contributed by atoms with E-state index in [9.17, 15) is 9.59 Å². The number of aliphatic hydroxyl groups excluding tert-OH is 1. The van der Waals surface area contributed by atoms with E-state index in [1.54, 1.807) is 11.5 Å². The molecule has 1 N–H and O–H groups in total. The topological polar surface area (TPSA) is 87.0 Å². The molecule has 0 aromatic carbocycles. The Hall–Kier alpha value is -1.86. The van der Waals surface area contributed by atoms with Gasteiger partial charge in [0.05, 0.1) is 38.3 Å². The number of rotatable bonds is 7. The molecule has 7 nitrogen and oxygen atoms in total. The van der Waals surface area contributed by atoms with Crippen LogP contribution in [0.15, 0.2) is 11.0 Å². The van der Waals surface area contributed by atoms with Crippen molar-refractivity contribution in [3.63, 3.8) is 0 Å². The quantitative estimate of drug-likeness (QED) is 0.686. The number of carbonyl (C=O) groups is 1. The number of methoxy groups -OCH3 is 2. The Kier molecular flexibility index (Phi) is 5.53. The molecule has 7 heteroatoms. The number of carbonyl (C=O) groups excluding carboxylic acids is 1. The van der Waals surface area contributed by atoms with Crippen molar-refractivity contribution in [2.45, 2.75) is 19.6 Å². The molecule has 0 radical (unpaired) electrons. The normalized spacial score (nSPS) is 12.0. The van der Waals surface area contributed by atoms with E-state index in [-0.39, 0.29) is 24.6 Å². The predicted octanol–water partition coefficient (Wildman–Crippen LogP) is -0.292. The second-order valence-electron chi connectivity index (χ2n) is 3.85. The van der Waals surface area contributed by atoms with E-state index in [0.29, 0.717) is 12.2 Å². The standard InChI is InChI=1S/C12H17NO6/c1-8-12(18-3)11(16)10(19-7-15)5-13(8)4-9(6-14)17-2/h5,7,9,14H,4,6H2,1-3H3. The molecule has 0 spiro atoms. The van der Waals surface area contributed by atoms with Crippen molar-refractivity contribution in [2.75, 3.05) is 20.8 Å². The molecule has 19 heavy (non-hydrogen) atoms. The van der Waals surface area contributed by atoms with E-state index in [1.165, 1.54) is 20.4 Å². The molecule has 1 atom stereocenters. The number of aromatic nitrogens is 1.